The van der Waals surface area contributed by atoms with Crippen LogP contribution in [0.25, 0.3) is 0 Å². The lowest BCUT2D eigenvalue weighted by molar-refractivity contribution is -0.132. The second-order valence-corrected chi connectivity index (χ2v) is 6.59. The van der Waals surface area contributed by atoms with Crippen LogP contribution in [-0.2, 0) is 17.8 Å². The minimum atomic E-state index is -0.00378. The lowest BCUT2D eigenvalue weighted by Crippen LogP contribution is -2.51. The Balaban J connectivity index is 1.54. The summed E-state index contributed by atoms with van der Waals surface area (Å²) in [6.07, 6.45) is 0.886. The van der Waals surface area contributed by atoms with Crippen molar-refractivity contribution in [3.8, 4) is 0 Å². The monoisotopic (exact) mass is 348 g/mol. The van der Waals surface area contributed by atoms with Crippen molar-refractivity contribution in [1.82, 2.24) is 30.2 Å². The molecule has 2 aliphatic heterocycles. The fourth-order valence-corrected chi connectivity index (χ4v) is 3.53. The van der Waals surface area contributed by atoms with Crippen LogP contribution in [0.4, 0.5) is 0 Å². The normalized spacial score (nSPS) is 18.1. The van der Waals surface area contributed by atoms with Gasteiger partial charge in [-0.1, -0.05) is 0 Å². The van der Waals surface area contributed by atoms with E-state index >= 15 is 0 Å². The van der Waals surface area contributed by atoms with Gasteiger partial charge >= 0.3 is 0 Å². The molecule has 2 amide bonds. The molecule has 2 aliphatic rings. The Labute approximate surface area is 148 Å². The second kappa shape index (κ2) is 7.97. The van der Waals surface area contributed by atoms with Crippen LogP contribution < -0.4 is 5.32 Å². The molecule has 8 nitrogen and oxygen atoms in total. The van der Waals surface area contributed by atoms with E-state index in [0.29, 0.717) is 31.9 Å². The number of carbonyl (C=O) groups is 2. The van der Waals surface area contributed by atoms with E-state index in [1.807, 2.05) is 23.6 Å². The molecule has 0 aliphatic carbocycles. The van der Waals surface area contributed by atoms with Gasteiger partial charge in [0.1, 0.15) is 0 Å². The first kappa shape index (κ1) is 17.9. The third-order valence-electron chi connectivity index (χ3n) is 5.14. The van der Waals surface area contributed by atoms with Gasteiger partial charge in [0.2, 0.25) is 5.91 Å². The number of amides is 2. The van der Waals surface area contributed by atoms with Gasteiger partial charge in [0.05, 0.1) is 6.54 Å². The molecule has 25 heavy (non-hydrogen) atoms. The van der Waals surface area contributed by atoms with Crippen molar-refractivity contribution in [2.75, 3.05) is 52.4 Å². The zero-order chi connectivity index (χ0) is 17.8. The fourth-order valence-electron chi connectivity index (χ4n) is 3.53. The molecule has 3 rings (SSSR count). The molecule has 0 radical (unpaired) electrons. The van der Waals surface area contributed by atoms with E-state index < -0.39 is 0 Å². The molecule has 0 unspecified atom stereocenters. The maximum absolute atomic E-state index is 12.8. The van der Waals surface area contributed by atoms with Gasteiger partial charge in [-0.15, -0.1) is 0 Å². The number of rotatable bonds is 5. The average molecular weight is 348 g/mol. The molecule has 1 aromatic rings. The van der Waals surface area contributed by atoms with Gasteiger partial charge in [0.25, 0.3) is 5.91 Å². The highest BCUT2D eigenvalue weighted by molar-refractivity contribution is 5.94. The first-order chi connectivity index (χ1) is 12.1. The van der Waals surface area contributed by atoms with E-state index in [1.165, 1.54) is 0 Å². The Morgan fingerprint density at radius 2 is 1.88 bits per heavy atom. The third kappa shape index (κ3) is 3.85. The minimum Gasteiger partial charge on any atom is -0.342 e. The van der Waals surface area contributed by atoms with Crippen molar-refractivity contribution in [2.24, 2.45) is 0 Å². The molecule has 2 N–H and O–H groups in total. The summed E-state index contributed by atoms with van der Waals surface area (Å²) < 4.78 is 0. The quantitative estimate of drug-likeness (QED) is 0.762. The van der Waals surface area contributed by atoms with Gasteiger partial charge in [-0.05, 0) is 13.8 Å². The second-order valence-electron chi connectivity index (χ2n) is 6.59. The first-order valence-electron chi connectivity index (χ1n) is 9.20. The highest BCUT2D eigenvalue weighted by atomic mass is 16.2. The van der Waals surface area contributed by atoms with E-state index in [-0.39, 0.29) is 11.8 Å². The van der Waals surface area contributed by atoms with Crippen molar-refractivity contribution in [3.05, 3.63) is 17.0 Å². The molecular formula is C17H28N6O2. The zero-order valence-corrected chi connectivity index (χ0v) is 15.2. The predicted molar refractivity (Wildman–Crippen MR) is 94.3 cm³/mol. The molecule has 0 aromatic carbocycles. The van der Waals surface area contributed by atoms with Gasteiger partial charge < -0.3 is 15.1 Å². The van der Waals surface area contributed by atoms with Gasteiger partial charge in [-0.3, -0.25) is 19.6 Å². The highest BCUT2D eigenvalue weighted by Crippen LogP contribution is 2.18. The number of hydrogen-bond acceptors (Lipinski definition) is 5. The van der Waals surface area contributed by atoms with E-state index in [1.54, 1.807) is 0 Å². The lowest BCUT2D eigenvalue weighted by atomic mass is 10.1. The van der Waals surface area contributed by atoms with Gasteiger partial charge in [-0.25, -0.2) is 0 Å². The van der Waals surface area contributed by atoms with Crippen LogP contribution in [0.2, 0.25) is 0 Å². The number of nitrogens with zero attached hydrogens (tertiary/aromatic N) is 4. The van der Waals surface area contributed by atoms with E-state index in [0.717, 1.165) is 50.4 Å². The standard InChI is InChI=1S/C17H28N6O2/c1-3-22(4-2)15(24)12-21-7-9-23(10-8-21)17(25)16-13-11-18-6-5-14(13)19-20-16/h18H,3-12H2,1-2H3,(H,19,20). The summed E-state index contributed by atoms with van der Waals surface area (Å²) in [6.45, 7) is 10.3. The van der Waals surface area contributed by atoms with Crippen LogP contribution in [0.15, 0.2) is 0 Å². The number of likely N-dealkylation sites (N-methyl/N-ethyl adjacent to an activating group) is 1. The summed E-state index contributed by atoms with van der Waals surface area (Å²) in [5.41, 5.74) is 2.64. The fraction of sp³-hybridized carbons (Fsp3) is 0.706. The average Bonchev–Trinajstić information content (AvgIpc) is 3.07. The molecule has 0 atom stereocenters. The Bertz CT molecular complexity index is 617. The summed E-state index contributed by atoms with van der Waals surface area (Å²) >= 11 is 0. The molecule has 3 heterocycles. The molecule has 0 spiro atoms. The molecule has 8 heteroatoms. The van der Waals surface area contributed by atoms with Crippen LogP contribution >= 0.6 is 0 Å². The summed E-state index contributed by atoms with van der Waals surface area (Å²) in [4.78, 5) is 30.8. The molecular weight excluding hydrogens is 320 g/mol. The lowest BCUT2D eigenvalue weighted by Gasteiger charge is -2.35. The number of hydrogen-bond donors (Lipinski definition) is 2. The van der Waals surface area contributed by atoms with Crippen molar-refractivity contribution in [3.63, 3.8) is 0 Å². The number of piperazine rings is 1. The number of nitrogens with one attached hydrogen (secondary N) is 2. The summed E-state index contributed by atoms with van der Waals surface area (Å²) in [7, 11) is 0. The minimum absolute atomic E-state index is 0.00378. The smallest absolute Gasteiger partial charge is 0.274 e. The highest BCUT2D eigenvalue weighted by Gasteiger charge is 2.28. The van der Waals surface area contributed by atoms with Crippen molar-refractivity contribution in [1.29, 1.82) is 0 Å². The SMILES string of the molecule is CCN(CC)C(=O)CN1CCN(C(=O)c2n[nH]c3c2CNCC3)CC1. The summed E-state index contributed by atoms with van der Waals surface area (Å²) in [6, 6.07) is 0. The zero-order valence-electron chi connectivity index (χ0n) is 15.2. The molecule has 0 bridgehead atoms. The maximum Gasteiger partial charge on any atom is 0.274 e. The topological polar surface area (TPSA) is 84.6 Å². The van der Waals surface area contributed by atoms with Gasteiger partial charge in [0.15, 0.2) is 5.69 Å². The van der Waals surface area contributed by atoms with Crippen molar-refractivity contribution >= 4 is 11.8 Å². The Hall–Kier alpha value is -1.93. The molecule has 138 valence electrons. The van der Waals surface area contributed by atoms with Crippen LogP contribution in [-0.4, -0.2) is 89.1 Å². The number of aromatic amines is 1. The van der Waals surface area contributed by atoms with Crippen LogP contribution in [0.5, 0.6) is 0 Å². The molecule has 1 aromatic heterocycles. The number of H-pyrrole nitrogens is 1. The van der Waals surface area contributed by atoms with Crippen molar-refractivity contribution in [2.45, 2.75) is 26.8 Å². The van der Waals surface area contributed by atoms with Gasteiger partial charge in [-0.2, -0.15) is 5.10 Å². The van der Waals surface area contributed by atoms with Gasteiger partial charge in [0, 0.05) is 70.0 Å². The number of carbonyl (C=O) groups excluding carboxylic acids is 2. The van der Waals surface area contributed by atoms with Crippen LogP contribution in [0.3, 0.4) is 0 Å². The first-order valence-corrected chi connectivity index (χ1v) is 9.20. The number of fused-ring (bicyclic) bond motifs is 1. The van der Waals surface area contributed by atoms with E-state index in [9.17, 15) is 9.59 Å². The number of aromatic nitrogens is 2. The summed E-state index contributed by atoms with van der Waals surface area (Å²) in [5, 5.41) is 10.6. The third-order valence-corrected chi connectivity index (χ3v) is 5.14. The summed E-state index contributed by atoms with van der Waals surface area (Å²) in [5.74, 6) is 0.160. The molecule has 0 saturated carbocycles. The Kier molecular flexibility index (Phi) is 5.70. The molecule has 1 fully saturated rings. The maximum atomic E-state index is 12.8. The van der Waals surface area contributed by atoms with Crippen molar-refractivity contribution < 1.29 is 9.59 Å². The van der Waals surface area contributed by atoms with E-state index in [2.05, 4.69) is 20.4 Å². The molecule has 1 saturated heterocycles. The predicted octanol–water partition coefficient (Wildman–Crippen LogP) is -0.318. The van der Waals surface area contributed by atoms with Crippen LogP contribution in [0, 0.1) is 0 Å². The van der Waals surface area contributed by atoms with E-state index in [4.69, 9.17) is 0 Å². The van der Waals surface area contributed by atoms with Crippen LogP contribution in [0.1, 0.15) is 35.6 Å². The largest absolute Gasteiger partial charge is 0.342 e. The Morgan fingerprint density at radius 3 is 2.56 bits per heavy atom. The Morgan fingerprint density at radius 1 is 1.16 bits per heavy atom.